The van der Waals surface area contributed by atoms with Crippen LogP contribution in [0.3, 0.4) is 0 Å². The van der Waals surface area contributed by atoms with Gasteiger partial charge in [-0.1, -0.05) is 0 Å². The Kier molecular flexibility index (Phi) is 5.06. The number of ether oxygens (including phenoxy) is 1. The van der Waals surface area contributed by atoms with Crippen LogP contribution in [0.1, 0.15) is 10.4 Å². The molecule has 0 saturated carbocycles. The van der Waals surface area contributed by atoms with E-state index in [1.54, 1.807) is 0 Å². The van der Waals surface area contributed by atoms with Crippen molar-refractivity contribution in [1.82, 2.24) is 10.0 Å². The molecule has 0 unspecified atom stereocenters. The molecule has 0 bridgehead atoms. The Morgan fingerprint density at radius 1 is 1.35 bits per heavy atom. The number of sulfonamides is 1. The highest BCUT2D eigenvalue weighted by Crippen LogP contribution is 2.21. The third kappa shape index (κ3) is 3.68. The zero-order valence-corrected chi connectivity index (χ0v) is 11.7. The molecule has 0 radical (unpaired) electrons. The SMILES string of the molecule is CNC(=O)CNS(=O)(=O)c1ccc(O)c(C(=O)OC)c1. The first-order valence-electron chi connectivity index (χ1n) is 5.43. The topological polar surface area (TPSA) is 122 Å². The fourth-order valence-electron chi connectivity index (χ4n) is 1.29. The monoisotopic (exact) mass is 302 g/mol. The molecule has 0 saturated heterocycles. The van der Waals surface area contributed by atoms with Crippen LogP contribution in [-0.4, -0.2) is 46.1 Å². The lowest BCUT2D eigenvalue weighted by atomic mass is 10.2. The predicted octanol–water partition coefficient (Wildman–Crippen LogP) is -0.797. The Bertz CT molecular complexity index is 626. The molecule has 1 aromatic carbocycles. The number of methoxy groups -OCH3 is 1. The van der Waals surface area contributed by atoms with Gasteiger partial charge in [-0.05, 0) is 18.2 Å². The van der Waals surface area contributed by atoms with Crippen LogP contribution in [0.15, 0.2) is 23.1 Å². The fourth-order valence-corrected chi connectivity index (χ4v) is 2.30. The number of amides is 1. The summed E-state index contributed by atoms with van der Waals surface area (Å²) < 4.78 is 30.3. The lowest BCUT2D eigenvalue weighted by Crippen LogP contribution is -2.35. The van der Waals surface area contributed by atoms with E-state index in [1.165, 1.54) is 7.05 Å². The van der Waals surface area contributed by atoms with E-state index in [1.807, 2.05) is 0 Å². The molecule has 0 spiro atoms. The number of carbonyl (C=O) groups excluding carboxylic acids is 2. The maximum absolute atomic E-state index is 11.9. The summed E-state index contributed by atoms with van der Waals surface area (Å²) in [7, 11) is -1.50. The summed E-state index contributed by atoms with van der Waals surface area (Å²) in [5, 5.41) is 11.7. The Labute approximate surface area is 115 Å². The first-order valence-corrected chi connectivity index (χ1v) is 6.91. The quantitative estimate of drug-likeness (QED) is 0.612. The van der Waals surface area contributed by atoms with Crippen LogP contribution in [0, 0.1) is 0 Å². The highest BCUT2D eigenvalue weighted by molar-refractivity contribution is 7.89. The van der Waals surface area contributed by atoms with Gasteiger partial charge in [0, 0.05) is 7.05 Å². The minimum absolute atomic E-state index is 0.264. The average molecular weight is 302 g/mol. The summed E-state index contributed by atoms with van der Waals surface area (Å²) >= 11 is 0. The molecule has 3 N–H and O–H groups in total. The van der Waals surface area contributed by atoms with Crippen LogP contribution in [-0.2, 0) is 19.6 Å². The van der Waals surface area contributed by atoms with Crippen molar-refractivity contribution in [3.8, 4) is 5.75 Å². The van der Waals surface area contributed by atoms with E-state index in [0.717, 1.165) is 25.3 Å². The number of carbonyl (C=O) groups is 2. The highest BCUT2D eigenvalue weighted by atomic mass is 32.2. The van der Waals surface area contributed by atoms with E-state index in [2.05, 4.69) is 14.8 Å². The third-order valence-electron chi connectivity index (χ3n) is 2.39. The zero-order chi connectivity index (χ0) is 15.3. The average Bonchev–Trinajstić information content (AvgIpc) is 2.44. The van der Waals surface area contributed by atoms with Crippen LogP contribution >= 0.6 is 0 Å². The fraction of sp³-hybridized carbons (Fsp3) is 0.273. The molecule has 0 atom stereocenters. The van der Waals surface area contributed by atoms with Crippen molar-refractivity contribution in [2.45, 2.75) is 4.90 Å². The van der Waals surface area contributed by atoms with E-state index in [-0.39, 0.29) is 10.5 Å². The zero-order valence-electron chi connectivity index (χ0n) is 10.8. The summed E-state index contributed by atoms with van der Waals surface area (Å²) in [5.74, 6) is -1.78. The smallest absolute Gasteiger partial charge is 0.341 e. The van der Waals surface area contributed by atoms with Gasteiger partial charge in [-0.25, -0.2) is 17.9 Å². The molecule has 0 aliphatic heterocycles. The number of benzene rings is 1. The van der Waals surface area contributed by atoms with E-state index in [4.69, 9.17) is 0 Å². The molecule has 0 aliphatic rings. The summed E-state index contributed by atoms with van der Waals surface area (Å²) in [6.45, 7) is -0.437. The van der Waals surface area contributed by atoms with Gasteiger partial charge in [0.25, 0.3) is 0 Å². The van der Waals surface area contributed by atoms with Crippen LogP contribution in [0.2, 0.25) is 0 Å². The lowest BCUT2D eigenvalue weighted by molar-refractivity contribution is -0.119. The molecule has 9 heteroatoms. The number of likely N-dealkylation sites (N-methyl/N-ethyl adjacent to an activating group) is 1. The highest BCUT2D eigenvalue weighted by Gasteiger charge is 2.20. The summed E-state index contributed by atoms with van der Waals surface area (Å²) in [5.41, 5.74) is -0.282. The van der Waals surface area contributed by atoms with E-state index in [0.29, 0.717) is 0 Å². The second-order valence-corrected chi connectivity index (χ2v) is 5.44. The number of phenols is 1. The van der Waals surface area contributed by atoms with Gasteiger partial charge in [-0.2, -0.15) is 0 Å². The van der Waals surface area contributed by atoms with Crippen molar-refractivity contribution in [3.63, 3.8) is 0 Å². The maximum atomic E-state index is 11.9. The van der Waals surface area contributed by atoms with Crippen LogP contribution in [0.4, 0.5) is 0 Å². The second kappa shape index (κ2) is 6.35. The Hall–Kier alpha value is -2.13. The van der Waals surface area contributed by atoms with Crippen LogP contribution < -0.4 is 10.0 Å². The number of phenolic OH excluding ortho intramolecular Hbond substituents is 1. The minimum Gasteiger partial charge on any atom is -0.507 e. The molecule has 0 aromatic heterocycles. The van der Waals surface area contributed by atoms with Gasteiger partial charge in [0.1, 0.15) is 11.3 Å². The summed E-state index contributed by atoms with van der Waals surface area (Å²) in [4.78, 5) is 22.1. The normalized spacial score (nSPS) is 10.9. The van der Waals surface area contributed by atoms with Crippen molar-refractivity contribution in [1.29, 1.82) is 0 Å². The van der Waals surface area contributed by atoms with Crippen molar-refractivity contribution < 1.29 is 27.9 Å². The molecular weight excluding hydrogens is 288 g/mol. The standard InChI is InChI=1S/C11H14N2O6S/c1-12-10(15)6-13-20(17,18)7-3-4-9(14)8(5-7)11(16)19-2/h3-5,13-14H,6H2,1-2H3,(H,12,15). The van der Waals surface area contributed by atoms with Gasteiger partial charge >= 0.3 is 5.97 Å². The molecule has 0 fully saturated rings. The Morgan fingerprint density at radius 2 is 2.00 bits per heavy atom. The number of esters is 1. The molecule has 0 aliphatic carbocycles. The molecule has 20 heavy (non-hydrogen) atoms. The molecule has 110 valence electrons. The number of hydrogen-bond acceptors (Lipinski definition) is 6. The first kappa shape index (κ1) is 15.9. The summed E-state index contributed by atoms with van der Waals surface area (Å²) in [6.07, 6.45) is 0. The third-order valence-corrected chi connectivity index (χ3v) is 3.78. The van der Waals surface area contributed by atoms with Crippen molar-refractivity contribution >= 4 is 21.9 Å². The van der Waals surface area contributed by atoms with E-state index < -0.39 is 34.2 Å². The van der Waals surface area contributed by atoms with Crippen molar-refractivity contribution in [3.05, 3.63) is 23.8 Å². The number of aromatic hydroxyl groups is 1. The predicted molar refractivity (Wildman–Crippen MR) is 68.7 cm³/mol. The van der Waals surface area contributed by atoms with Gasteiger partial charge in [0.2, 0.25) is 15.9 Å². The lowest BCUT2D eigenvalue weighted by Gasteiger charge is -2.08. The van der Waals surface area contributed by atoms with Gasteiger partial charge in [0.05, 0.1) is 18.6 Å². The molecule has 0 heterocycles. The minimum atomic E-state index is -3.98. The van der Waals surface area contributed by atoms with E-state index in [9.17, 15) is 23.1 Å². The van der Waals surface area contributed by atoms with Gasteiger partial charge in [-0.3, -0.25) is 4.79 Å². The molecule has 1 amide bonds. The molecule has 1 aromatic rings. The van der Waals surface area contributed by atoms with Gasteiger partial charge in [-0.15, -0.1) is 0 Å². The maximum Gasteiger partial charge on any atom is 0.341 e. The largest absolute Gasteiger partial charge is 0.507 e. The second-order valence-electron chi connectivity index (χ2n) is 3.67. The number of hydrogen-bond donors (Lipinski definition) is 3. The van der Waals surface area contributed by atoms with Gasteiger partial charge < -0.3 is 15.2 Å². The molecular formula is C11H14N2O6S. The van der Waals surface area contributed by atoms with Gasteiger partial charge in [0.15, 0.2) is 0 Å². The summed E-state index contributed by atoms with van der Waals surface area (Å²) in [6, 6.07) is 3.13. The molecule has 1 rings (SSSR count). The number of rotatable bonds is 5. The Morgan fingerprint density at radius 3 is 2.55 bits per heavy atom. The first-order chi connectivity index (χ1) is 9.31. The van der Waals surface area contributed by atoms with Crippen LogP contribution in [0.25, 0.3) is 0 Å². The van der Waals surface area contributed by atoms with Crippen molar-refractivity contribution in [2.24, 2.45) is 0 Å². The number of nitrogens with one attached hydrogen (secondary N) is 2. The van der Waals surface area contributed by atoms with E-state index >= 15 is 0 Å². The Balaban J connectivity index is 3.07. The van der Waals surface area contributed by atoms with Crippen molar-refractivity contribution in [2.75, 3.05) is 20.7 Å². The molecule has 8 nitrogen and oxygen atoms in total. The van der Waals surface area contributed by atoms with Crippen LogP contribution in [0.5, 0.6) is 5.75 Å².